The number of aryl methyl sites for hydroxylation is 1. The number of nitrogens with zero attached hydrogens (tertiary/aromatic N) is 3. The zero-order valence-electron chi connectivity index (χ0n) is 16.4. The van der Waals surface area contributed by atoms with Crippen molar-refractivity contribution in [3.8, 4) is 0 Å². The molecular weight excluding hydrogens is 418 g/mol. The molecule has 0 radical (unpaired) electrons. The monoisotopic (exact) mass is 439 g/mol. The second-order valence-electron chi connectivity index (χ2n) is 6.22. The third kappa shape index (κ3) is 5.51. The van der Waals surface area contributed by atoms with E-state index in [-0.39, 0.29) is 22.9 Å². The Morgan fingerprint density at radius 3 is 2.66 bits per heavy atom. The van der Waals surface area contributed by atoms with E-state index in [4.69, 9.17) is 16.3 Å². The Balaban J connectivity index is 2.42. The molecule has 0 unspecified atom stereocenters. The van der Waals surface area contributed by atoms with Crippen LogP contribution in [0.25, 0.3) is 0 Å². The number of carbonyl (C=O) groups excluding carboxylic acids is 2. The van der Waals surface area contributed by atoms with E-state index >= 15 is 0 Å². The number of esters is 1. The molecule has 29 heavy (non-hydrogen) atoms. The highest BCUT2D eigenvalue weighted by atomic mass is 35.5. The summed E-state index contributed by atoms with van der Waals surface area (Å²) in [5.41, 5.74) is 0.260. The van der Waals surface area contributed by atoms with Crippen molar-refractivity contribution in [2.24, 2.45) is 0 Å². The number of nitro groups is 1. The summed E-state index contributed by atoms with van der Waals surface area (Å²) in [5.74, 6) is -0.929. The number of halogens is 1. The molecule has 0 bridgehead atoms. The Hall–Kier alpha value is -2.52. The zero-order chi connectivity index (χ0) is 21.6. The molecular formula is C19H22ClN3O5S. The van der Waals surface area contributed by atoms with Crippen LogP contribution < -0.4 is 4.90 Å². The van der Waals surface area contributed by atoms with Crippen molar-refractivity contribution in [1.29, 1.82) is 0 Å². The van der Waals surface area contributed by atoms with E-state index in [1.807, 2.05) is 6.92 Å². The lowest BCUT2D eigenvalue weighted by Crippen LogP contribution is -2.32. The summed E-state index contributed by atoms with van der Waals surface area (Å²) in [6.07, 6.45) is 2.59. The fraction of sp³-hybridized carbons (Fsp3) is 0.421. The molecule has 0 spiro atoms. The highest BCUT2D eigenvalue weighted by Crippen LogP contribution is 2.30. The second-order valence-corrected chi connectivity index (χ2v) is 7.60. The van der Waals surface area contributed by atoms with E-state index in [2.05, 4.69) is 4.98 Å². The van der Waals surface area contributed by atoms with Crippen LogP contribution in [0.1, 0.15) is 58.8 Å². The number of nitro benzene ring substituents is 1. The first-order valence-corrected chi connectivity index (χ1v) is 10.4. The zero-order valence-corrected chi connectivity index (χ0v) is 18.0. The lowest BCUT2D eigenvalue weighted by molar-refractivity contribution is -0.384. The Kier molecular flexibility index (Phi) is 8.10. The van der Waals surface area contributed by atoms with E-state index in [9.17, 15) is 19.7 Å². The van der Waals surface area contributed by atoms with Crippen molar-refractivity contribution in [2.75, 3.05) is 18.1 Å². The van der Waals surface area contributed by atoms with Gasteiger partial charge in [0.05, 0.1) is 17.2 Å². The first-order chi connectivity index (χ1) is 13.8. The number of amides is 1. The maximum absolute atomic E-state index is 13.2. The van der Waals surface area contributed by atoms with Crippen LogP contribution in [0.2, 0.25) is 5.02 Å². The maximum atomic E-state index is 13.2. The summed E-state index contributed by atoms with van der Waals surface area (Å²) < 4.78 is 5.04. The molecule has 0 fully saturated rings. The number of aromatic nitrogens is 1. The molecule has 10 heteroatoms. The van der Waals surface area contributed by atoms with Crippen LogP contribution in [0.5, 0.6) is 0 Å². The molecule has 0 atom stereocenters. The van der Waals surface area contributed by atoms with Crippen LogP contribution in [0.15, 0.2) is 18.2 Å². The first kappa shape index (κ1) is 22.8. The van der Waals surface area contributed by atoms with Gasteiger partial charge in [0.15, 0.2) is 5.13 Å². The second kappa shape index (κ2) is 10.3. The van der Waals surface area contributed by atoms with Gasteiger partial charge in [0.25, 0.3) is 11.6 Å². The van der Waals surface area contributed by atoms with E-state index in [1.54, 1.807) is 13.8 Å². The van der Waals surface area contributed by atoms with Gasteiger partial charge in [-0.05, 0) is 32.4 Å². The van der Waals surface area contributed by atoms with Crippen LogP contribution >= 0.6 is 22.9 Å². The Morgan fingerprint density at radius 2 is 2.03 bits per heavy atom. The molecule has 1 aromatic heterocycles. The normalized spacial score (nSPS) is 10.6. The standard InChI is InChI=1S/C19H22ClN3O5S/c1-4-6-7-10-22(19-21-12(3)16(29-19)18(25)28-5-2)17(24)13-8-9-14(20)15(11-13)23(26)27/h8-9,11H,4-7,10H2,1-3H3. The number of hydrogen-bond acceptors (Lipinski definition) is 7. The molecule has 0 saturated carbocycles. The molecule has 1 amide bonds. The Labute approximate surface area is 177 Å². The Morgan fingerprint density at radius 1 is 1.31 bits per heavy atom. The molecule has 2 aromatic rings. The fourth-order valence-corrected chi connectivity index (χ4v) is 3.80. The predicted octanol–water partition coefficient (Wildman–Crippen LogP) is 5.03. The number of thiazole rings is 1. The number of ether oxygens (including phenoxy) is 1. The summed E-state index contributed by atoms with van der Waals surface area (Å²) in [6, 6.07) is 3.93. The van der Waals surface area contributed by atoms with Gasteiger partial charge in [0, 0.05) is 18.2 Å². The lowest BCUT2D eigenvalue weighted by atomic mass is 10.1. The molecule has 8 nitrogen and oxygen atoms in total. The van der Waals surface area contributed by atoms with Gasteiger partial charge in [0.2, 0.25) is 0 Å². The summed E-state index contributed by atoms with van der Waals surface area (Å²) in [5, 5.41) is 11.5. The van der Waals surface area contributed by atoms with Gasteiger partial charge in [-0.1, -0.05) is 42.7 Å². The number of carbonyl (C=O) groups is 2. The number of benzene rings is 1. The highest BCUT2D eigenvalue weighted by molar-refractivity contribution is 7.17. The van der Waals surface area contributed by atoms with Crippen LogP contribution in [-0.2, 0) is 4.74 Å². The molecule has 2 rings (SSSR count). The van der Waals surface area contributed by atoms with Gasteiger partial charge in [-0.15, -0.1) is 0 Å². The summed E-state index contributed by atoms with van der Waals surface area (Å²) >= 11 is 6.93. The van der Waals surface area contributed by atoms with Crippen LogP contribution in [-0.4, -0.2) is 34.9 Å². The van der Waals surface area contributed by atoms with Crippen molar-refractivity contribution in [2.45, 2.75) is 40.0 Å². The van der Waals surface area contributed by atoms with Gasteiger partial charge in [0.1, 0.15) is 9.90 Å². The quantitative estimate of drug-likeness (QED) is 0.235. The van der Waals surface area contributed by atoms with Crippen molar-refractivity contribution >= 4 is 45.6 Å². The van der Waals surface area contributed by atoms with E-state index in [0.717, 1.165) is 36.7 Å². The molecule has 1 heterocycles. The minimum atomic E-state index is -0.632. The molecule has 0 N–H and O–H groups in total. The molecule has 0 aliphatic carbocycles. The number of unbranched alkanes of at least 4 members (excludes halogenated alkanes) is 2. The average molecular weight is 440 g/mol. The van der Waals surface area contributed by atoms with Gasteiger partial charge < -0.3 is 4.74 Å². The lowest BCUT2D eigenvalue weighted by Gasteiger charge is -2.20. The Bertz CT molecular complexity index is 915. The third-order valence-corrected chi connectivity index (χ3v) is 5.58. The number of anilines is 1. The number of hydrogen-bond donors (Lipinski definition) is 0. The molecule has 0 aliphatic rings. The summed E-state index contributed by atoms with van der Waals surface area (Å²) in [4.78, 5) is 42.0. The topological polar surface area (TPSA) is 103 Å². The van der Waals surface area contributed by atoms with Crippen LogP contribution in [0.4, 0.5) is 10.8 Å². The SMILES string of the molecule is CCCCCN(C(=O)c1ccc(Cl)c([N+](=O)[O-])c1)c1nc(C)c(C(=O)OCC)s1. The third-order valence-electron chi connectivity index (χ3n) is 4.10. The van der Waals surface area contributed by atoms with Crippen LogP contribution in [0, 0.1) is 17.0 Å². The van der Waals surface area contributed by atoms with Crippen LogP contribution in [0.3, 0.4) is 0 Å². The largest absolute Gasteiger partial charge is 0.462 e. The van der Waals surface area contributed by atoms with Gasteiger partial charge in [-0.3, -0.25) is 19.8 Å². The van der Waals surface area contributed by atoms with Gasteiger partial charge >= 0.3 is 5.97 Å². The van der Waals surface area contributed by atoms with Gasteiger partial charge in [-0.25, -0.2) is 9.78 Å². The van der Waals surface area contributed by atoms with E-state index in [0.29, 0.717) is 22.2 Å². The maximum Gasteiger partial charge on any atom is 0.350 e. The summed E-state index contributed by atoms with van der Waals surface area (Å²) in [7, 11) is 0. The van der Waals surface area contributed by atoms with Crippen molar-refractivity contribution in [3.63, 3.8) is 0 Å². The first-order valence-electron chi connectivity index (χ1n) is 9.20. The van der Waals surface area contributed by atoms with E-state index in [1.165, 1.54) is 17.0 Å². The highest BCUT2D eigenvalue weighted by Gasteiger charge is 2.26. The minimum Gasteiger partial charge on any atom is -0.462 e. The van der Waals surface area contributed by atoms with Gasteiger partial charge in [-0.2, -0.15) is 0 Å². The minimum absolute atomic E-state index is 0.0428. The smallest absolute Gasteiger partial charge is 0.350 e. The molecule has 0 aliphatic heterocycles. The molecule has 156 valence electrons. The summed E-state index contributed by atoms with van der Waals surface area (Å²) in [6.45, 7) is 6.04. The van der Waals surface area contributed by atoms with Crippen molar-refractivity contribution in [3.05, 3.63) is 49.5 Å². The molecule has 0 saturated heterocycles. The van der Waals surface area contributed by atoms with E-state index < -0.39 is 16.8 Å². The average Bonchev–Trinajstić information content (AvgIpc) is 3.06. The fourth-order valence-electron chi connectivity index (χ4n) is 2.63. The van der Waals surface area contributed by atoms with Crippen molar-refractivity contribution < 1.29 is 19.2 Å². The van der Waals surface area contributed by atoms with Crippen molar-refractivity contribution in [1.82, 2.24) is 4.98 Å². The number of rotatable bonds is 9. The predicted molar refractivity (Wildman–Crippen MR) is 112 cm³/mol. The molecule has 1 aromatic carbocycles.